The fraction of sp³-hybridized carbons (Fsp3) is 0.786. The zero-order valence-corrected chi connectivity index (χ0v) is 13.3. The van der Waals surface area contributed by atoms with Gasteiger partial charge in [-0.15, -0.1) is 11.3 Å². The summed E-state index contributed by atoms with van der Waals surface area (Å²) < 4.78 is 0. The largest absolute Gasteiger partial charge is 0.305 e. The maximum absolute atomic E-state index is 4.92. The number of aromatic nitrogens is 1. The summed E-state index contributed by atoms with van der Waals surface area (Å²) in [6.07, 6.45) is 4.71. The average molecular weight is 284 g/mol. The Labute approximate surface area is 119 Å². The Kier molecular flexibility index (Phi) is 5.10. The molecule has 2 heterocycles. The van der Waals surface area contributed by atoms with Crippen LogP contribution in [0.4, 0.5) is 0 Å². The van der Waals surface area contributed by atoms with E-state index in [1.165, 1.54) is 46.3 Å². The van der Waals surface area contributed by atoms with Crippen molar-refractivity contribution in [2.45, 2.75) is 52.0 Å². The number of aryl methyl sites for hydroxylation is 2. The molecule has 0 aliphatic carbocycles. The normalized spacial score (nSPS) is 19.1. The van der Waals surface area contributed by atoms with Crippen molar-refractivity contribution in [3.8, 4) is 0 Å². The van der Waals surface area contributed by atoms with Crippen LogP contribution < -0.4 is 5.32 Å². The van der Waals surface area contributed by atoms with Crippen LogP contribution in [0.15, 0.2) is 0 Å². The number of hydrogen-bond acceptors (Lipinski definition) is 4. The summed E-state index contributed by atoms with van der Waals surface area (Å²) in [7, 11) is 0. The Morgan fingerprint density at radius 2 is 2.00 bits per heavy atom. The first-order valence-corrected chi connectivity index (χ1v) is 8.98. The van der Waals surface area contributed by atoms with Gasteiger partial charge < -0.3 is 5.32 Å². The lowest BCUT2D eigenvalue weighted by atomic mass is 9.92. The second-order valence-electron chi connectivity index (χ2n) is 5.00. The molecule has 0 aromatic carbocycles. The average Bonchev–Trinajstić information content (AvgIpc) is 2.79. The molecule has 1 saturated heterocycles. The maximum Gasteiger partial charge on any atom is 0.113 e. The van der Waals surface area contributed by atoms with E-state index in [0.29, 0.717) is 0 Å². The Hall–Kier alpha value is -0.0600. The molecule has 18 heavy (non-hydrogen) atoms. The molecule has 1 fully saturated rings. The van der Waals surface area contributed by atoms with Gasteiger partial charge in [0.05, 0.1) is 11.2 Å². The highest BCUT2D eigenvalue weighted by Crippen LogP contribution is 2.38. The molecule has 0 amide bonds. The lowest BCUT2D eigenvalue weighted by molar-refractivity contribution is 0.306. The number of thioether (sulfide) groups is 1. The van der Waals surface area contributed by atoms with Gasteiger partial charge in [0.2, 0.25) is 0 Å². The Morgan fingerprint density at radius 1 is 1.28 bits per heavy atom. The number of thiazole rings is 1. The summed E-state index contributed by atoms with van der Waals surface area (Å²) in [5.41, 5.74) is 1.47. The van der Waals surface area contributed by atoms with Gasteiger partial charge in [-0.25, -0.2) is 4.98 Å². The molecule has 0 radical (unpaired) electrons. The minimum atomic E-state index is 0.171. The summed E-state index contributed by atoms with van der Waals surface area (Å²) >= 11 is 3.99. The van der Waals surface area contributed by atoms with Gasteiger partial charge in [-0.2, -0.15) is 11.8 Å². The van der Waals surface area contributed by atoms with Crippen molar-refractivity contribution >= 4 is 23.1 Å². The summed E-state index contributed by atoms with van der Waals surface area (Å²) in [4.78, 5) is 6.33. The van der Waals surface area contributed by atoms with E-state index in [-0.39, 0.29) is 5.54 Å². The molecule has 0 saturated carbocycles. The first-order valence-electron chi connectivity index (χ1n) is 7.01. The van der Waals surface area contributed by atoms with Crippen LogP contribution in [0, 0.1) is 6.92 Å². The molecule has 1 N–H and O–H groups in total. The standard InChI is InChI=1S/C14H24N2S2/c1-4-8-15-14(6-9-17-10-7-14)13-16-12(5-2)11(3)18-13/h15H,4-10H2,1-3H3. The molecule has 1 aromatic heterocycles. The first kappa shape index (κ1) is 14.4. The van der Waals surface area contributed by atoms with Crippen LogP contribution in [0.5, 0.6) is 0 Å². The highest BCUT2D eigenvalue weighted by atomic mass is 32.2. The maximum atomic E-state index is 4.92. The highest BCUT2D eigenvalue weighted by molar-refractivity contribution is 7.99. The molecule has 0 unspecified atom stereocenters. The van der Waals surface area contributed by atoms with Gasteiger partial charge in [-0.3, -0.25) is 0 Å². The van der Waals surface area contributed by atoms with Gasteiger partial charge in [0.1, 0.15) is 5.01 Å². The summed E-state index contributed by atoms with van der Waals surface area (Å²) in [5.74, 6) is 2.52. The van der Waals surface area contributed by atoms with E-state index in [0.717, 1.165) is 13.0 Å². The zero-order chi connectivity index (χ0) is 13.0. The smallest absolute Gasteiger partial charge is 0.113 e. The molecule has 2 nitrogen and oxygen atoms in total. The van der Waals surface area contributed by atoms with Crippen molar-refractivity contribution in [1.29, 1.82) is 0 Å². The van der Waals surface area contributed by atoms with E-state index in [1.807, 2.05) is 11.3 Å². The Balaban J connectivity index is 2.26. The molecule has 1 aliphatic heterocycles. The second kappa shape index (κ2) is 6.40. The molecule has 102 valence electrons. The van der Waals surface area contributed by atoms with Crippen molar-refractivity contribution in [2.24, 2.45) is 0 Å². The van der Waals surface area contributed by atoms with Crippen molar-refractivity contribution in [3.63, 3.8) is 0 Å². The summed E-state index contributed by atoms with van der Waals surface area (Å²) in [6, 6.07) is 0. The lowest BCUT2D eigenvalue weighted by Gasteiger charge is -2.36. The predicted octanol–water partition coefficient (Wildman–Crippen LogP) is 3.74. The zero-order valence-electron chi connectivity index (χ0n) is 11.7. The third kappa shape index (κ3) is 2.91. The number of hydrogen-bond donors (Lipinski definition) is 1. The van der Waals surface area contributed by atoms with Crippen LogP contribution in [0.2, 0.25) is 0 Å². The molecule has 2 rings (SSSR count). The molecular weight excluding hydrogens is 260 g/mol. The molecule has 1 aliphatic rings. The number of rotatable bonds is 5. The van der Waals surface area contributed by atoms with Gasteiger partial charge in [0.25, 0.3) is 0 Å². The third-order valence-corrected chi connectivity index (χ3v) is 5.90. The minimum Gasteiger partial charge on any atom is -0.305 e. The van der Waals surface area contributed by atoms with E-state index in [1.54, 1.807) is 0 Å². The SMILES string of the molecule is CCCNC1(c2nc(CC)c(C)s2)CCSCC1. The monoisotopic (exact) mass is 284 g/mol. The van der Waals surface area contributed by atoms with Gasteiger partial charge in [-0.1, -0.05) is 13.8 Å². The molecule has 0 bridgehead atoms. The molecule has 1 aromatic rings. The van der Waals surface area contributed by atoms with Crippen LogP contribution in [0.1, 0.15) is 48.7 Å². The van der Waals surface area contributed by atoms with Crippen molar-refractivity contribution < 1.29 is 0 Å². The topological polar surface area (TPSA) is 24.9 Å². The van der Waals surface area contributed by atoms with E-state index in [2.05, 4.69) is 37.8 Å². The Bertz CT molecular complexity index is 381. The van der Waals surface area contributed by atoms with Crippen LogP contribution in [-0.4, -0.2) is 23.0 Å². The second-order valence-corrected chi connectivity index (χ2v) is 7.42. The van der Waals surface area contributed by atoms with Crippen molar-refractivity contribution in [2.75, 3.05) is 18.1 Å². The fourth-order valence-electron chi connectivity index (χ4n) is 2.51. The molecule has 4 heteroatoms. The van der Waals surface area contributed by atoms with E-state index in [4.69, 9.17) is 4.98 Å². The van der Waals surface area contributed by atoms with Gasteiger partial charge in [0.15, 0.2) is 0 Å². The molecule has 0 spiro atoms. The van der Waals surface area contributed by atoms with Crippen LogP contribution in [0.3, 0.4) is 0 Å². The first-order chi connectivity index (χ1) is 8.72. The predicted molar refractivity (Wildman–Crippen MR) is 82.8 cm³/mol. The third-order valence-electron chi connectivity index (χ3n) is 3.70. The highest BCUT2D eigenvalue weighted by Gasteiger charge is 2.36. The minimum absolute atomic E-state index is 0.171. The fourth-order valence-corrected chi connectivity index (χ4v) is 4.93. The summed E-state index contributed by atoms with van der Waals surface area (Å²) in [6.45, 7) is 7.76. The van der Waals surface area contributed by atoms with Crippen LogP contribution in [0.25, 0.3) is 0 Å². The van der Waals surface area contributed by atoms with Crippen LogP contribution in [-0.2, 0) is 12.0 Å². The number of nitrogens with zero attached hydrogens (tertiary/aromatic N) is 1. The van der Waals surface area contributed by atoms with Crippen LogP contribution >= 0.6 is 23.1 Å². The number of nitrogens with one attached hydrogen (secondary N) is 1. The van der Waals surface area contributed by atoms with E-state index >= 15 is 0 Å². The van der Waals surface area contributed by atoms with Gasteiger partial charge in [0, 0.05) is 4.88 Å². The summed E-state index contributed by atoms with van der Waals surface area (Å²) in [5, 5.41) is 5.14. The van der Waals surface area contributed by atoms with Crippen molar-refractivity contribution in [3.05, 3.63) is 15.6 Å². The molecule has 0 atom stereocenters. The lowest BCUT2D eigenvalue weighted by Crippen LogP contribution is -2.45. The molecular formula is C14H24N2S2. The quantitative estimate of drug-likeness (QED) is 0.891. The Morgan fingerprint density at radius 3 is 2.56 bits per heavy atom. The van der Waals surface area contributed by atoms with Crippen molar-refractivity contribution in [1.82, 2.24) is 10.3 Å². The van der Waals surface area contributed by atoms with E-state index < -0.39 is 0 Å². The van der Waals surface area contributed by atoms with Gasteiger partial charge in [-0.05, 0) is 50.7 Å². The van der Waals surface area contributed by atoms with E-state index in [9.17, 15) is 0 Å². The van der Waals surface area contributed by atoms with Gasteiger partial charge >= 0.3 is 0 Å².